The lowest BCUT2D eigenvalue weighted by Crippen LogP contribution is -2.15. The Balaban J connectivity index is 2.60. The number of hydrogen-bond donors (Lipinski definition) is 0. The van der Waals surface area contributed by atoms with E-state index in [-0.39, 0.29) is 12.1 Å². The van der Waals surface area contributed by atoms with Crippen molar-refractivity contribution in [3.8, 4) is 6.07 Å². The summed E-state index contributed by atoms with van der Waals surface area (Å²) in [7, 11) is -1.46. The second-order valence-corrected chi connectivity index (χ2v) is 5.09. The Labute approximate surface area is 101 Å². The summed E-state index contributed by atoms with van der Waals surface area (Å²) in [5.41, 5.74) is 0.464. The molecule has 1 unspecified atom stereocenters. The van der Waals surface area contributed by atoms with E-state index in [9.17, 15) is 9.35 Å². The van der Waals surface area contributed by atoms with Gasteiger partial charge < -0.3 is 4.55 Å². The summed E-state index contributed by atoms with van der Waals surface area (Å²) in [6, 6.07) is 8.75. The van der Waals surface area contributed by atoms with Crippen LogP contribution in [0.4, 0.5) is 0 Å². The highest BCUT2D eigenvalue weighted by Crippen LogP contribution is 2.25. The number of benzene rings is 1. The van der Waals surface area contributed by atoms with E-state index in [1.165, 1.54) is 10.0 Å². The lowest BCUT2D eigenvalue weighted by molar-refractivity contribution is 0.574. The monoisotopic (exact) mass is 246 g/mol. The molecule has 0 spiro atoms. The maximum Gasteiger partial charge on any atom is 0.304 e. The van der Waals surface area contributed by atoms with Crippen LogP contribution < -0.4 is 5.56 Å². The zero-order valence-corrected chi connectivity index (χ0v) is 10.0. The van der Waals surface area contributed by atoms with Crippen molar-refractivity contribution in [3.05, 3.63) is 46.3 Å². The number of nitrogens with zero attached hydrogens (tertiary/aromatic N) is 2. The molecule has 0 amide bonds. The SMILES string of the molecule is C/C(=C\C#N)Cn1c(=O)c2ccccc2[s+]1[O-]. The van der Waals surface area contributed by atoms with Crippen LogP contribution in [0.3, 0.4) is 0 Å². The van der Waals surface area contributed by atoms with Gasteiger partial charge in [-0.15, -0.1) is 3.96 Å². The van der Waals surface area contributed by atoms with Gasteiger partial charge >= 0.3 is 5.56 Å². The largest absolute Gasteiger partial charge is 0.570 e. The van der Waals surface area contributed by atoms with E-state index in [1.54, 1.807) is 31.2 Å². The topological polar surface area (TPSA) is 68.8 Å². The number of nitriles is 1. The molecule has 1 heterocycles. The van der Waals surface area contributed by atoms with Crippen LogP contribution in [0.2, 0.25) is 0 Å². The first-order chi connectivity index (χ1) is 8.15. The Bertz CT molecular complexity index is 689. The smallest absolute Gasteiger partial charge is 0.304 e. The molecule has 1 aromatic heterocycles. The number of allylic oxidation sites excluding steroid dienone is 2. The molecule has 2 aromatic rings. The molecule has 0 bridgehead atoms. The summed E-state index contributed by atoms with van der Waals surface area (Å²) in [4.78, 5) is 12.0. The van der Waals surface area contributed by atoms with E-state index in [2.05, 4.69) is 0 Å². The average molecular weight is 246 g/mol. The van der Waals surface area contributed by atoms with E-state index in [0.29, 0.717) is 15.7 Å². The predicted molar refractivity (Wildman–Crippen MR) is 66.2 cm³/mol. The van der Waals surface area contributed by atoms with Gasteiger partial charge in [-0.25, -0.2) is 0 Å². The Morgan fingerprint density at radius 2 is 2.29 bits per heavy atom. The molecule has 17 heavy (non-hydrogen) atoms. The lowest BCUT2D eigenvalue weighted by Gasteiger charge is -1.99. The van der Waals surface area contributed by atoms with Crippen LogP contribution in [-0.4, -0.2) is 8.51 Å². The van der Waals surface area contributed by atoms with E-state index >= 15 is 0 Å². The van der Waals surface area contributed by atoms with Crippen LogP contribution in [0.25, 0.3) is 10.1 Å². The lowest BCUT2D eigenvalue weighted by atomic mass is 10.3. The normalized spacial score (nSPS) is 12.8. The first-order valence-electron chi connectivity index (χ1n) is 5.03. The maximum absolute atomic E-state index is 12.1. The number of fused-ring (bicyclic) bond motifs is 1. The zero-order valence-electron chi connectivity index (χ0n) is 9.21. The van der Waals surface area contributed by atoms with Crippen molar-refractivity contribution in [1.82, 2.24) is 3.96 Å². The highest BCUT2D eigenvalue weighted by Gasteiger charge is 2.17. The van der Waals surface area contributed by atoms with Crippen LogP contribution in [0, 0.1) is 11.3 Å². The standard InChI is InChI=1S/C12H10N2O2S/c1-9(6-7-13)8-14-12(15)10-4-2-3-5-11(10)17(14)16/h2-6H,8H2,1H3/b9-6+. The van der Waals surface area contributed by atoms with Crippen LogP contribution >= 0.6 is 10.9 Å². The van der Waals surface area contributed by atoms with Gasteiger partial charge in [-0.2, -0.15) is 5.26 Å². The third-order valence-electron chi connectivity index (χ3n) is 2.44. The van der Waals surface area contributed by atoms with E-state index in [4.69, 9.17) is 5.26 Å². The Morgan fingerprint density at radius 1 is 1.59 bits per heavy atom. The highest BCUT2D eigenvalue weighted by molar-refractivity contribution is 7.26. The van der Waals surface area contributed by atoms with Crippen molar-refractivity contribution < 1.29 is 4.55 Å². The molecule has 4 nitrogen and oxygen atoms in total. The Hall–Kier alpha value is -1.90. The van der Waals surface area contributed by atoms with E-state index in [1.807, 2.05) is 6.07 Å². The summed E-state index contributed by atoms with van der Waals surface area (Å²) >= 11 is 0. The molecule has 0 N–H and O–H groups in total. The van der Waals surface area contributed by atoms with Gasteiger partial charge in [0.1, 0.15) is 5.39 Å². The molecule has 1 aromatic carbocycles. The van der Waals surface area contributed by atoms with Crippen LogP contribution in [0.5, 0.6) is 0 Å². The molecule has 0 fully saturated rings. The van der Waals surface area contributed by atoms with Gasteiger partial charge in [0.15, 0.2) is 0 Å². The van der Waals surface area contributed by atoms with Gasteiger partial charge in [-0.1, -0.05) is 12.1 Å². The quantitative estimate of drug-likeness (QED) is 0.602. The van der Waals surface area contributed by atoms with Gasteiger partial charge in [0.05, 0.1) is 12.6 Å². The molecule has 0 saturated carbocycles. The fourth-order valence-corrected chi connectivity index (χ4v) is 2.98. The van der Waals surface area contributed by atoms with Gasteiger partial charge in [0.25, 0.3) is 0 Å². The second kappa shape index (κ2) is 4.53. The molecular weight excluding hydrogens is 236 g/mol. The van der Waals surface area contributed by atoms with Gasteiger partial charge in [0.2, 0.25) is 4.70 Å². The maximum atomic E-state index is 12.1. The molecule has 0 aliphatic heterocycles. The summed E-state index contributed by atoms with van der Waals surface area (Å²) in [5.74, 6) is 0. The summed E-state index contributed by atoms with van der Waals surface area (Å²) in [5, 5.41) is 8.99. The Morgan fingerprint density at radius 3 is 2.94 bits per heavy atom. The fraction of sp³-hybridized carbons (Fsp3) is 0.167. The number of aromatic nitrogens is 1. The van der Waals surface area contributed by atoms with Gasteiger partial charge in [0, 0.05) is 23.1 Å². The molecule has 0 aliphatic carbocycles. The van der Waals surface area contributed by atoms with E-state index < -0.39 is 10.9 Å². The number of rotatable bonds is 2. The second-order valence-electron chi connectivity index (χ2n) is 3.71. The molecular formula is C12H10N2O2S. The summed E-state index contributed by atoms with van der Waals surface area (Å²) in [6.45, 7) is 1.95. The molecule has 5 heteroatoms. The van der Waals surface area contributed by atoms with Crippen molar-refractivity contribution in [2.45, 2.75) is 13.5 Å². The minimum Gasteiger partial charge on any atom is -0.570 e. The van der Waals surface area contributed by atoms with E-state index in [0.717, 1.165) is 0 Å². The van der Waals surface area contributed by atoms with Gasteiger partial charge in [-0.05, 0) is 18.6 Å². The van der Waals surface area contributed by atoms with Crippen molar-refractivity contribution in [1.29, 1.82) is 5.26 Å². The first-order valence-corrected chi connectivity index (χ1v) is 6.14. The third-order valence-corrected chi connectivity index (χ3v) is 3.86. The van der Waals surface area contributed by atoms with Crippen LogP contribution in [0.15, 0.2) is 40.7 Å². The highest BCUT2D eigenvalue weighted by atomic mass is 32.2. The average Bonchev–Trinajstić information content (AvgIpc) is 2.56. The van der Waals surface area contributed by atoms with Crippen molar-refractivity contribution in [2.75, 3.05) is 0 Å². The molecule has 2 rings (SSSR count). The van der Waals surface area contributed by atoms with Crippen molar-refractivity contribution >= 4 is 21.0 Å². The fourth-order valence-electron chi connectivity index (χ4n) is 1.64. The van der Waals surface area contributed by atoms with Crippen LogP contribution in [0.1, 0.15) is 6.92 Å². The Kier molecular flexibility index (Phi) is 3.09. The summed E-state index contributed by atoms with van der Waals surface area (Å²) < 4.78 is 13.9. The molecule has 1 atom stereocenters. The number of hydrogen-bond acceptors (Lipinski definition) is 3. The predicted octanol–water partition coefficient (Wildman–Crippen LogP) is 2.20. The van der Waals surface area contributed by atoms with Crippen molar-refractivity contribution in [3.63, 3.8) is 0 Å². The summed E-state index contributed by atoms with van der Waals surface area (Å²) in [6.07, 6.45) is 1.35. The minimum absolute atomic E-state index is 0.216. The molecule has 0 aliphatic rings. The van der Waals surface area contributed by atoms with Crippen molar-refractivity contribution in [2.24, 2.45) is 0 Å². The molecule has 0 saturated heterocycles. The van der Waals surface area contributed by atoms with Crippen LogP contribution in [-0.2, 0) is 6.54 Å². The minimum atomic E-state index is -1.46. The molecule has 0 radical (unpaired) electrons. The zero-order chi connectivity index (χ0) is 12.4. The third kappa shape index (κ3) is 2.00. The molecule has 86 valence electrons. The first kappa shape index (κ1) is 11.6. The van der Waals surface area contributed by atoms with Gasteiger partial charge in [-0.3, -0.25) is 4.79 Å².